The predicted octanol–water partition coefficient (Wildman–Crippen LogP) is 2.83. The van der Waals surface area contributed by atoms with Crippen LogP contribution >= 0.6 is 0 Å². The molecule has 5 heteroatoms. The smallest absolute Gasteiger partial charge is 0.317 e. The molecule has 1 unspecified atom stereocenters. The van der Waals surface area contributed by atoms with Crippen LogP contribution in [0.5, 0.6) is 5.75 Å². The number of nitrogens with zero attached hydrogens (tertiary/aromatic N) is 2. The minimum Gasteiger partial charge on any atom is -0.497 e. The molecule has 1 N–H and O–H groups in total. The summed E-state index contributed by atoms with van der Waals surface area (Å²) in [7, 11) is 1.66. The fourth-order valence-corrected chi connectivity index (χ4v) is 3.07. The van der Waals surface area contributed by atoms with Crippen molar-refractivity contribution in [3.63, 3.8) is 0 Å². The van der Waals surface area contributed by atoms with Gasteiger partial charge in [0.15, 0.2) is 0 Å². The molecule has 1 saturated heterocycles. The zero-order valence-corrected chi connectivity index (χ0v) is 13.9. The van der Waals surface area contributed by atoms with Crippen molar-refractivity contribution >= 4 is 6.03 Å². The molecule has 1 atom stereocenters. The molecule has 1 aliphatic heterocycles. The summed E-state index contributed by atoms with van der Waals surface area (Å²) in [6.07, 6.45) is 5.45. The predicted molar refractivity (Wildman–Crippen MR) is 93.3 cm³/mol. The lowest BCUT2D eigenvalue weighted by Gasteiger charge is -2.17. The summed E-state index contributed by atoms with van der Waals surface area (Å²) in [6.45, 7) is 2.22. The number of methoxy groups -OCH3 is 1. The van der Waals surface area contributed by atoms with Gasteiger partial charge in [-0.25, -0.2) is 4.79 Å². The molecule has 5 nitrogen and oxygen atoms in total. The van der Waals surface area contributed by atoms with Crippen LogP contribution in [0.25, 0.3) is 0 Å². The van der Waals surface area contributed by atoms with Gasteiger partial charge in [0.1, 0.15) is 5.75 Å². The van der Waals surface area contributed by atoms with Crippen molar-refractivity contribution in [2.75, 3.05) is 26.7 Å². The zero-order valence-electron chi connectivity index (χ0n) is 13.9. The maximum absolute atomic E-state index is 12.3. The summed E-state index contributed by atoms with van der Waals surface area (Å²) < 4.78 is 5.15. The quantitative estimate of drug-likeness (QED) is 0.920. The van der Waals surface area contributed by atoms with Crippen LogP contribution in [0.1, 0.15) is 23.5 Å². The molecule has 24 heavy (non-hydrogen) atoms. The molecule has 1 aliphatic rings. The number of benzene rings is 1. The summed E-state index contributed by atoms with van der Waals surface area (Å²) in [5, 5.41) is 3.02. The van der Waals surface area contributed by atoms with Crippen molar-refractivity contribution in [3.8, 4) is 5.75 Å². The fourth-order valence-electron chi connectivity index (χ4n) is 3.07. The van der Waals surface area contributed by atoms with E-state index in [0.717, 1.165) is 31.7 Å². The van der Waals surface area contributed by atoms with E-state index in [9.17, 15) is 4.79 Å². The summed E-state index contributed by atoms with van der Waals surface area (Å²) in [4.78, 5) is 18.2. The summed E-state index contributed by atoms with van der Waals surface area (Å²) in [5.41, 5.74) is 2.45. The lowest BCUT2D eigenvalue weighted by atomic mass is 10.00. The Bertz CT molecular complexity index is 658. The molecular weight excluding hydrogens is 302 g/mol. The van der Waals surface area contributed by atoms with Crippen molar-refractivity contribution in [3.05, 3.63) is 59.9 Å². The average molecular weight is 325 g/mol. The van der Waals surface area contributed by atoms with E-state index in [1.807, 2.05) is 53.7 Å². The van der Waals surface area contributed by atoms with Gasteiger partial charge in [-0.15, -0.1) is 0 Å². The lowest BCUT2D eigenvalue weighted by molar-refractivity contribution is 0.208. The third kappa shape index (κ3) is 4.04. The highest BCUT2D eigenvalue weighted by Crippen LogP contribution is 2.26. The highest BCUT2D eigenvalue weighted by atomic mass is 16.5. The normalized spacial score (nSPS) is 16.9. The maximum atomic E-state index is 12.3. The van der Waals surface area contributed by atoms with Crippen LogP contribution in [0.2, 0.25) is 0 Å². The van der Waals surface area contributed by atoms with Gasteiger partial charge >= 0.3 is 6.03 Å². The second kappa shape index (κ2) is 7.81. The first-order chi connectivity index (χ1) is 11.8. The van der Waals surface area contributed by atoms with Crippen molar-refractivity contribution in [2.24, 2.45) is 0 Å². The van der Waals surface area contributed by atoms with Crippen LogP contribution in [-0.2, 0) is 6.42 Å². The minimum absolute atomic E-state index is 0.0278. The van der Waals surface area contributed by atoms with E-state index in [0.29, 0.717) is 12.5 Å². The number of rotatable bonds is 5. The van der Waals surface area contributed by atoms with Crippen molar-refractivity contribution in [2.45, 2.75) is 18.8 Å². The number of likely N-dealkylation sites (tertiary alicyclic amines) is 1. The number of urea groups is 1. The number of amides is 2. The number of aromatic nitrogens is 1. The Hall–Kier alpha value is -2.56. The number of ether oxygens (including phenoxy) is 1. The SMILES string of the molecule is COc1ccc(CCNC(=O)N2CCC(c3ccncc3)C2)cc1. The van der Waals surface area contributed by atoms with E-state index in [4.69, 9.17) is 4.74 Å². The van der Waals surface area contributed by atoms with Gasteiger partial charge < -0.3 is 15.0 Å². The largest absolute Gasteiger partial charge is 0.497 e. The standard InChI is InChI=1S/C19H23N3O2/c1-24-18-4-2-15(3-5-18)6-12-21-19(23)22-13-9-17(14-22)16-7-10-20-11-8-16/h2-5,7-8,10-11,17H,6,9,12-14H2,1H3,(H,21,23). The third-order valence-electron chi connectivity index (χ3n) is 4.50. The highest BCUT2D eigenvalue weighted by molar-refractivity contribution is 5.74. The Kier molecular flexibility index (Phi) is 5.31. The molecule has 1 aromatic heterocycles. The fraction of sp³-hybridized carbons (Fsp3) is 0.368. The molecule has 0 saturated carbocycles. The van der Waals surface area contributed by atoms with Crippen LogP contribution in [0, 0.1) is 0 Å². The van der Waals surface area contributed by atoms with E-state index in [2.05, 4.69) is 10.3 Å². The van der Waals surface area contributed by atoms with Gasteiger partial charge in [0.05, 0.1) is 7.11 Å². The molecule has 1 aromatic carbocycles. The van der Waals surface area contributed by atoms with E-state index < -0.39 is 0 Å². The van der Waals surface area contributed by atoms with Crippen molar-refractivity contribution < 1.29 is 9.53 Å². The molecule has 126 valence electrons. The van der Waals surface area contributed by atoms with Crippen LogP contribution in [0.15, 0.2) is 48.8 Å². The molecule has 2 aromatic rings. The van der Waals surface area contributed by atoms with Crippen LogP contribution in [0.3, 0.4) is 0 Å². The number of hydrogen-bond donors (Lipinski definition) is 1. The monoisotopic (exact) mass is 325 g/mol. The number of carbonyl (C=O) groups is 1. The van der Waals surface area contributed by atoms with Gasteiger partial charge in [-0.3, -0.25) is 4.98 Å². The van der Waals surface area contributed by atoms with Gasteiger partial charge in [-0.05, 0) is 48.2 Å². The minimum atomic E-state index is 0.0278. The Balaban J connectivity index is 1.44. The lowest BCUT2D eigenvalue weighted by Crippen LogP contribution is -2.39. The van der Waals surface area contributed by atoms with Crippen molar-refractivity contribution in [1.29, 1.82) is 0 Å². The highest BCUT2D eigenvalue weighted by Gasteiger charge is 2.26. The van der Waals surface area contributed by atoms with Gasteiger partial charge in [0.25, 0.3) is 0 Å². The van der Waals surface area contributed by atoms with Crippen LogP contribution in [0.4, 0.5) is 4.79 Å². The maximum Gasteiger partial charge on any atom is 0.317 e. The topological polar surface area (TPSA) is 54.5 Å². The number of nitrogens with one attached hydrogen (secondary N) is 1. The Morgan fingerprint density at radius 2 is 2.00 bits per heavy atom. The Labute approximate surface area is 142 Å². The zero-order chi connectivity index (χ0) is 16.8. The van der Waals surface area contributed by atoms with Crippen molar-refractivity contribution in [1.82, 2.24) is 15.2 Å². The molecule has 0 aliphatic carbocycles. The number of pyridine rings is 1. The Morgan fingerprint density at radius 3 is 2.71 bits per heavy atom. The van der Waals surface area contributed by atoms with Crippen LogP contribution < -0.4 is 10.1 Å². The number of carbonyl (C=O) groups excluding carboxylic acids is 1. The third-order valence-corrected chi connectivity index (χ3v) is 4.50. The second-order valence-electron chi connectivity index (χ2n) is 6.04. The average Bonchev–Trinajstić information content (AvgIpc) is 3.13. The molecule has 1 fully saturated rings. The first kappa shape index (κ1) is 16.3. The van der Waals surface area contributed by atoms with Gasteiger partial charge in [-0.2, -0.15) is 0 Å². The summed E-state index contributed by atoms with van der Waals surface area (Å²) in [6, 6.07) is 12.0. The van der Waals surface area contributed by atoms with E-state index >= 15 is 0 Å². The van der Waals surface area contributed by atoms with Gasteiger partial charge in [0, 0.05) is 37.9 Å². The molecular formula is C19H23N3O2. The van der Waals surface area contributed by atoms with E-state index in [1.165, 1.54) is 11.1 Å². The van der Waals surface area contributed by atoms with E-state index in [1.54, 1.807) is 7.11 Å². The first-order valence-electron chi connectivity index (χ1n) is 8.32. The molecule has 0 radical (unpaired) electrons. The van der Waals surface area contributed by atoms with Gasteiger partial charge in [-0.1, -0.05) is 12.1 Å². The van der Waals surface area contributed by atoms with Crippen LogP contribution in [-0.4, -0.2) is 42.7 Å². The molecule has 0 spiro atoms. The second-order valence-corrected chi connectivity index (χ2v) is 6.04. The molecule has 2 heterocycles. The molecule has 3 rings (SSSR count). The summed E-state index contributed by atoms with van der Waals surface area (Å²) >= 11 is 0. The molecule has 0 bridgehead atoms. The molecule has 2 amide bonds. The summed E-state index contributed by atoms with van der Waals surface area (Å²) in [5.74, 6) is 1.27. The first-order valence-corrected chi connectivity index (χ1v) is 8.32. The van der Waals surface area contributed by atoms with Gasteiger partial charge in [0.2, 0.25) is 0 Å². The van der Waals surface area contributed by atoms with E-state index in [-0.39, 0.29) is 6.03 Å². The number of hydrogen-bond acceptors (Lipinski definition) is 3. The Morgan fingerprint density at radius 1 is 1.25 bits per heavy atom.